The number of ether oxygens (including phenoxy) is 2. The predicted octanol–water partition coefficient (Wildman–Crippen LogP) is 1.25. The fourth-order valence-electron chi connectivity index (χ4n) is 2.66. The van der Waals surface area contributed by atoms with Gasteiger partial charge in [0.15, 0.2) is 5.65 Å². The van der Waals surface area contributed by atoms with Gasteiger partial charge in [0, 0.05) is 13.7 Å². The molecule has 3 rings (SSSR count). The van der Waals surface area contributed by atoms with Crippen LogP contribution < -0.4 is 10.4 Å². The molecular formula is C18H23N5O3. The Morgan fingerprint density at radius 3 is 2.58 bits per heavy atom. The van der Waals surface area contributed by atoms with Crippen molar-refractivity contribution >= 4 is 11.2 Å². The molecule has 2 aromatic heterocycles. The lowest BCUT2D eigenvalue weighted by molar-refractivity contribution is 0.141. The minimum atomic E-state index is -0.222. The van der Waals surface area contributed by atoms with Gasteiger partial charge in [0.1, 0.15) is 12.1 Å². The summed E-state index contributed by atoms with van der Waals surface area (Å²) in [6.07, 6.45) is 1.56. The quantitative estimate of drug-likeness (QED) is 0.611. The van der Waals surface area contributed by atoms with E-state index in [0.29, 0.717) is 30.9 Å². The topological polar surface area (TPSA) is 85.3 Å². The Kier molecular flexibility index (Phi) is 5.65. The van der Waals surface area contributed by atoms with E-state index in [0.717, 1.165) is 12.1 Å². The van der Waals surface area contributed by atoms with Crippen LogP contribution in [-0.4, -0.2) is 58.8 Å². The number of aromatic amines is 1. The predicted molar refractivity (Wildman–Crippen MR) is 98.5 cm³/mol. The maximum Gasteiger partial charge on any atom is 0.328 e. The maximum absolute atomic E-state index is 12.3. The minimum Gasteiger partial charge on any atom is -0.461 e. The van der Waals surface area contributed by atoms with Gasteiger partial charge in [-0.3, -0.25) is 4.57 Å². The molecule has 0 unspecified atom stereocenters. The van der Waals surface area contributed by atoms with Gasteiger partial charge >= 0.3 is 11.7 Å². The molecule has 1 N–H and O–H groups in total. The second kappa shape index (κ2) is 8.11. The largest absolute Gasteiger partial charge is 0.461 e. The lowest BCUT2D eigenvalue weighted by Gasteiger charge is -2.10. The van der Waals surface area contributed by atoms with Crippen LogP contribution in [0.25, 0.3) is 11.2 Å². The van der Waals surface area contributed by atoms with Gasteiger partial charge in [0.25, 0.3) is 0 Å². The highest BCUT2D eigenvalue weighted by Crippen LogP contribution is 2.13. The van der Waals surface area contributed by atoms with Gasteiger partial charge in [-0.2, -0.15) is 4.98 Å². The van der Waals surface area contributed by atoms with E-state index in [2.05, 4.69) is 32.0 Å². The first-order chi connectivity index (χ1) is 12.6. The van der Waals surface area contributed by atoms with Gasteiger partial charge in [-0.25, -0.2) is 9.78 Å². The summed E-state index contributed by atoms with van der Waals surface area (Å²) in [5.74, 6) is 0. The average molecular weight is 357 g/mol. The standard InChI is InChI=1S/C18H23N5O3/c1-22(2)11-13-4-6-14(7-5-13)12-23-16-15(20-18(23)24)10-19-17(21-16)26-9-8-25-3/h4-7,10H,8-9,11-12H2,1-3H3,(H,20,24). The van der Waals surface area contributed by atoms with Crippen molar-refractivity contribution in [2.24, 2.45) is 0 Å². The number of fused-ring (bicyclic) bond motifs is 1. The molecule has 0 aliphatic heterocycles. The number of imidazole rings is 1. The molecule has 0 radical (unpaired) electrons. The zero-order chi connectivity index (χ0) is 18.5. The maximum atomic E-state index is 12.3. The molecule has 2 heterocycles. The molecule has 0 aliphatic rings. The fraction of sp³-hybridized carbons (Fsp3) is 0.389. The molecule has 0 atom stereocenters. The van der Waals surface area contributed by atoms with Crippen molar-refractivity contribution in [2.75, 3.05) is 34.4 Å². The van der Waals surface area contributed by atoms with E-state index in [1.807, 2.05) is 26.2 Å². The molecule has 0 fully saturated rings. The Bertz CT molecular complexity index is 915. The first kappa shape index (κ1) is 18.1. The molecule has 0 bridgehead atoms. The third-order valence-electron chi connectivity index (χ3n) is 3.87. The normalized spacial score (nSPS) is 11.4. The third kappa shape index (κ3) is 4.27. The van der Waals surface area contributed by atoms with E-state index >= 15 is 0 Å². The SMILES string of the molecule is COCCOc1ncc2[nH]c(=O)n(Cc3ccc(CN(C)C)cc3)c2n1. The molecule has 0 spiro atoms. The highest BCUT2D eigenvalue weighted by Gasteiger charge is 2.11. The molecule has 8 heteroatoms. The first-order valence-electron chi connectivity index (χ1n) is 8.36. The summed E-state index contributed by atoms with van der Waals surface area (Å²) in [7, 11) is 5.66. The number of methoxy groups -OCH3 is 1. The number of rotatable bonds is 8. The van der Waals surface area contributed by atoms with Gasteiger partial charge in [-0.15, -0.1) is 0 Å². The molecule has 3 aromatic rings. The summed E-state index contributed by atoms with van der Waals surface area (Å²) < 4.78 is 12.0. The van der Waals surface area contributed by atoms with Crippen LogP contribution >= 0.6 is 0 Å². The number of nitrogens with one attached hydrogen (secondary N) is 1. The summed E-state index contributed by atoms with van der Waals surface area (Å²) in [5.41, 5.74) is 3.13. The molecule has 26 heavy (non-hydrogen) atoms. The van der Waals surface area contributed by atoms with E-state index in [4.69, 9.17) is 9.47 Å². The van der Waals surface area contributed by atoms with E-state index < -0.39 is 0 Å². The minimum absolute atomic E-state index is 0.222. The van der Waals surface area contributed by atoms with Crippen LogP contribution in [-0.2, 0) is 17.8 Å². The van der Waals surface area contributed by atoms with E-state index in [1.54, 1.807) is 17.9 Å². The highest BCUT2D eigenvalue weighted by atomic mass is 16.5. The molecule has 0 saturated carbocycles. The summed E-state index contributed by atoms with van der Waals surface area (Å²) >= 11 is 0. The van der Waals surface area contributed by atoms with Crippen LogP contribution in [0.1, 0.15) is 11.1 Å². The van der Waals surface area contributed by atoms with Crippen LogP contribution in [0.2, 0.25) is 0 Å². The van der Waals surface area contributed by atoms with Crippen molar-refractivity contribution in [1.29, 1.82) is 0 Å². The molecule has 138 valence electrons. The van der Waals surface area contributed by atoms with Crippen molar-refractivity contribution in [3.63, 3.8) is 0 Å². The number of hydrogen-bond acceptors (Lipinski definition) is 6. The van der Waals surface area contributed by atoms with Gasteiger partial charge in [0.2, 0.25) is 0 Å². The van der Waals surface area contributed by atoms with E-state index in [1.165, 1.54) is 5.56 Å². The Morgan fingerprint density at radius 2 is 1.88 bits per heavy atom. The van der Waals surface area contributed by atoms with Crippen molar-refractivity contribution in [1.82, 2.24) is 24.4 Å². The summed E-state index contributed by atoms with van der Waals surface area (Å²) in [6.45, 7) is 2.10. The van der Waals surface area contributed by atoms with Crippen molar-refractivity contribution in [3.05, 3.63) is 52.1 Å². The number of hydrogen-bond donors (Lipinski definition) is 1. The monoisotopic (exact) mass is 357 g/mol. The zero-order valence-corrected chi connectivity index (χ0v) is 15.2. The Labute approximate surface area is 151 Å². The van der Waals surface area contributed by atoms with Gasteiger partial charge < -0.3 is 19.4 Å². The van der Waals surface area contributed by atoms with Crippen molar-refractivity contribution in [3.8, 4) is 6.01 Å². The van der Waals surface area contributed by atoms with Gasteiger partial charge in [-0.1, -0.05) is 24.3 Å². The highest BCUT2D eigenvalue weighted by molar-refractivity contribution is 5.69. The van der Waals surface area contributed by atoms with Crippen LogP contribution in [0.4, 0.5) is 0 Å². The van der Waals surface area contributed by atoms with Crippen LogP contribution in [0.3, 0.4) is 0 Å². The van der Waals surface area contributed by atoms with Gasteiger partial charge in [-0.05, 0) is 25.2 Å². The zero-order valence-electron chi connectivity index (χ0n) is 15.2. The Morgan fingerprint density at radius 1 is 1.15 bits per heavy atom. The van der Waals surface area contributed by atoms with Crippen LogP contribution in [0.5, 0.6) is 6.01 Å². The van der Waals surface area contributed by atoms with Crippen molar-refractivity contribution in [2.45, 2.75) is 13.1 Å². The lowest BCUT2D eigenvalue weighted by Crippen LogP contribution is -2.18. The number of benzene rings is 1. The molecular weight excluding hydrogens is 334 g/mol. The average Bonchev–Trinajstić information content (AvgIpc) is 2.92. The second-order valence-corrected chi connectivity index (χ2v) is 6.30. The van der Waals surface area contributed by atoms with E-state index in [-0.39, 0.29) is 11.7 Å². The van der Waals surface area contributed by atoms with Crippen molar-refractivity contribution < 1.29 is 9.47 Å². The summed E-state index contributed by atoms with van der Waals surface area (Å²) in [5, 5.41) is 0. The number of aromatic nitrogens is 4. The lowest BCUT2D eigenvalue weighted by atomic mass is 10.1. The number of nitrogens with zero attached hydrogens (tertiary/aromatic N) is 4. The van der Waals surface area contributed by atoms with Crippen LogP contribution in [0.15, 0.2) is 35.3 Å². The second-order valence-electron chi connectivity index (χ2n) is 6.30. The number of H-pyrrole nitrogens is 1. The fourth-order valence-corrected chi connectivity index (χ4v) is 2.66. The van der Waals surface area contributed by atoms with Gasteiger partial charge in [0.05, 0.1) is 19.3 Å². The smallest absolute Gasteiger partial charge is 0.328 e. The molecule has 0 amide bonds. The Hall–Kier alpha value is -2.71. The summed E-state index contributed by atoms with van der Waals surface area (Å²) in [6, 6.07) is 8.43. The first-order valence-corrected chi connectivity index (χ1v) is 8.36. The Balaban J connectivity index is 1.83. The van der Waals surface area contributed by atoms with Crippen LogP contribution in [0, 0.1) is 0 Å². The molecule has 0 aliphatic carbocycles. The van der Waals surface area contributed by atoms with E-state index in [9.17, 15) is 4.79 Å². The summed E-state index contributed by atoms with van der Waals surface area (Å²) in [4.78, 5) is 25.6. The molecule has 8 nitrogen and oxygen atoms in total. The third-order valence-corrected chi connectivity index (χ3v) is 3.87. The molecule has 1 aromatic carbocycles. The molecule has 0 saturated heterocycles.